The van der Waals surface area contributed by atoms with E-state index in [2.05, 4.69) is 10.2 Å². The molecule has 0 saturated carbocycles. The van der Waals surface area contributed by atoms with E-state index < -0.39 is 0 Å². The standard InChI is InChI=1S/C11H22N2O2/c1-2-12-6-9-15-11(14)10-13-7-4-3-5-8-13/h12H,2-10H2,1H3. The van der Waals surface area contributed by atoms with E-state index in [9.17, 15) is 4.79 Å². The van der Waals surface area contributed by atoms with Crippen LogP contribution in [-0.4, -0.2) is 50.2 Å². The number of nitrogens with one attached hydrogen (secondary N) is 1. The smallest absolute Gasteiger partial charge is 0.320 e. The summed E-state index contributed by atoms with van der Waals surface area (Å²) in [6.45, 7) is 6.75. The molecule has 1 aliphatic rings. The number of likely N-dealkylation sites (tertiary alicyclic amines) is 1. The molecule has 0 spiro atoms. The minimum atomic E-state index is -0.0881. The molecule has 1 saturated heterocycles. The van der Waals surface area contributed by atoms with Gasteiger partial charge in [0, 0.05) is 6.54 Å². The number of ether oxygens (including phenoxy) is 1. The van der Waals surface area contributed by atoms with Gasteiger partial charge in [-0.2, -0.15) is 0 Å². The summed E-state index contributed by atoms with van der Waals surface area (Å²) in [4.78, 5) is 13.6. The van der Waals surface area contributed by atoms with Gasteiger partial charge in [0.05, 0.1) is 6.54 Å². The molecule has 1 heterocycles. The molecule has 4 nitrogen and oxygen atoms in total. The Morgan fingerprint density at radius 1 is 1.33 bits per heavy atom. The number of esters is 1. The van der Waals surface area contributed by atoms with Crippen LogP contribution < -0.4 is 5.32 Å². The maximum atomic E-state index is 11.4. The van der Waals surface area contributed by atoms with Gasteiger partial charge in [0.25, 0.3) is 0 Å². The van der Waals surface area contributed by atoms with Crippen molar-refractivity contribution in [2.45, 2.75) is 26.2 Å². The SMILES string of the molecule is CCNCCOC(=O)CN1CCCCC1. The maximum absolute atomic E-state index is 11.4. The summed E-state index contributed by atoms with van der Waals surface area (Å²) < 4.78 is 5.10. The van der Waals surface area contributed by atoms with Crippen LogP contribution in [0, 0.1) is 0 Å². The monoisotopic (exact) mass is 214 g/mol. The summed E-state index contributed by atoms with van der Waals surface area (Å²) >= 11 is 0. The lowest BCUT2D eigenvalue weighted by Crippen LogP contribution is -2.35. The Labute approximate surface area is 92.0 Å². The maximum Gasteiger partial charge on any atom is 0.320 e. The second-order valence-corrected chi connectivity index (χ2v) is 3.91. The fraction of sp³-hybridized carbons (Fsp3) is 0.909. The van der Waals surface area contributed by atoms with Crippen LogP contribution in [0.5, 0.6) is 0 Å². The Morgan fingerprint density at radius 3 is 2.73 bits per heavy atom. The summed E-state index contributed by atoms with van der Waals surface area (Å²) in [7, 11) is 0. The first-order valence-corrected chi connectivity index (χ1v) is 5.91. The molecular formula is C11H22N2O2. The number of hydrogen-bond acceptors (Lipinski definition) is 4. The molecule has 0 aromatic rings. The Kier molecular flexibility index (Phi) is 6.36. The van der Waals surface area contributed by atoms with Crippen LogP contribution in [0.25, 0.3) is 0 Å². The van der Waals surface area contributed by atoms with Gasteiger partial charge in [0.1, 0.15) is 6.61 Å². The first-order chi connectivity index (χ1) is 7.33. The van der Waals surface area contributed by atoms with Crippen molar-refractivity contribution in [1.82, 2.24) is 10.2 Å². The summed E-state index contributed by atoms with van der Waals surface area (Å²) in [5.41, 5.74) is 0. The van der Waals surface area contributed by atoms with Crippen molar-refractivity contribution in [3.8, 4) is 0 Å². The number of carbonyl (C=O) groups is 1. The Balaban J connectivity index is 2.01. The van der Waals surface area contributed by atoms with Crippen molar-refractivity contribution in [3.63, 3.8) is 0 Å². The van der Waals surface area contributed by atoms with E-state index >= 15 is 0 Å². The van der Waals surface area contributed by atoms with E-state index in [4.69, 9.17) is 4.74 Å². The summed E-state index contributed by atoms with van der Waals surface area (Å²) in [6.07, 6.45) is 3.72. The van der Waals surface area contributed by atoms with Gasteiger partial charge in [-0.15, -0.1) is 0 Å². The van der Waals surface area contributed by atoms with Gasteiger partial charge >= 0.3 is 5.97 Å². The largest absolute Gasteiger partial charge is 0.463 e. The highest BCUT2D eigenvalue weighted by Crippen LogP contribution is 2.07. The molecule has 0 aromatic carbocycles. The Hall–Kier alpha value is -0.610. The number of nitrogens with zero attached hydrogens (tertiary/aromatic N) is 1. The van der Waals surface area contributed by atoms with Gasteiger partial charge in [0.15, 0.2) is 0 Å². The van der Waals surface area contributed by atoms with Crippen molar-refractivity contribution in [3.05, 3.63) is 0 Å². The van der Waals surface area contributed by atoms with Crippen LogP contribution in [-0.2, 0) is 9.53 Å². The van der Waals surface area contributed by atoms with Gasteiger partial charge in [-0.05, 0) is 32.5 Å². The normalized spacial score (nSPS) is 17.7. The number of hydrogen-bond donors (Lipinski definition) is 1. The highest BCUT2D eigenvalue weighted by atomic mass is 16.5. The first kappa shape index (κ1) is 12.5. The van der Waals surface area contributed by atoms with E-state index in [0.29, 0.717) is 13.2 Å². The highest BCUT2D eigenvalue weighted by molar-refractivity contribution is 5.71. The first-order valence-electron chi connectivity index (χ1n) is 5.91. The topological polar surface area (TPSA) is 41.6 Å². The zero-order valence-electron chi connectivity index (χ0n) is 9.63. The van der Waals surface area contributed by atoms with Crippen LogP contribution in [0.4, 0.5) is 0 Å². The van der Waals surface area contributed by atoms with Crippen LogP contribution in [0.3, 0.4) is 0 Å². The molecule has 0 aliphatic carbocycles. The number of likely N-dealkylation sites (N-methyl/N-ethyl adjacent to an activating group) is 1. The third-order valence-corrected chi connectivity index (χ3v) is 2.59. The molecule has 0 radical (unpaired) electrons. The second-order valence-electron chi connectivity index (χ2n) is 3.91. The molecule has 1 fully saturated rings. The van der Waals surface area contributed by atoms with Gasteiger partial charge in [-0.3, -0.25) is 9.69 Å². The summed E-state index contributed by atoms with van der Waals surface area (Å²) in [5, 5.41) is 3.12. The fourth-order valence-corrected chi connectivity index (χ4v) is 1.76. The molecule has 0 aromatic heterocycles. The third kappa shape index (κ3) is 5.74. The summed E-state index contributed by atoms with van der Waals surface area (Å²) in [6, 6.07) is 0. The molecule has 4 heteroatoms. The molecule has 0 bridgehead atoms. The van der Waals surface area contributed by atoms with E-state index in [0.717, 1.165) is 26.2 Å². The molecule has 88 valence electrons. The molecule has 0 unspecified atom stereocenters. The van der Waals surface area contributed by atoms with Crippen molar-refractivity contribution < 1.29 is 9.53 Å². The lowest BCUT2D eigenvalue weighted by Gasteiger charge is -2.25. The van der Waals surface area contributed by atoms with Gasteiger partial charge in [0.2, 0.25) is 0 Å². The van der Waals surface area contributed by atoms with E-state index in [1.165, 1.54) is 19.3 Å². The zero-order valence-corrected chi connectivity index (χ0v) is 9.63. The van der Waals surface area contributed by atoms with Crippen LogP contribution in [0.15, 0.2) is 0 Å². The average Bonchev–Trinajstić information content (AvgIpc) is 2.26. The molecule has 0 atom stereocenters. The van der Waals surface area contributed by atoms with Crippen LogP contribution in [0.2, 0.25) is 0 Å². The van der Waals surface area contributed by atoms with E-state index in [1.807, 2.05) is 6.92 Å². The number of rotatable bonds is 6. The minimum absolute atomic E-state index is 0.0881. The lowest BCUT2D eigenvalue weighted by molar-refractivity contribution is -0.145. The zero-order chi connectivity index (χ0) is 10.9. The van der Waals surface area contributed by atoms with E-state index in [-0.39, 0.29) is 5.97 Å². The van der Waals surface area contributed by atoms with Crippen LogP contribution in [0.1, 0.15) is 26.2 Å². The third-order valence-electron chi connectivity index (χ3n) is 2.59. The highest BCUT2D eigenvalue weighted by Gasteiger charge is 2.14. The Bertz CT molecular complexity index is 179. The molecule has 1 N–H and O–H groups in total. The summed E-state index contributed by atoms with van der Waals surface area (Å²) in [5.74, 6) is -0.0881. The van der Waals surface area contributed by atoms with Gasteiger partial charge in [-0.1, -0.05) is 13.3 Å². The lowest BCUT2D eigenvalue weighted by atomic mass is 10.1. The average molecular weight is 214 g/mol. The Morgan fingerprint density at radius 2 is 2.07 bits per heavy atom. The van der Waals surface area contributed by atoms with Gasteiger partial charge < -0.3 is 10.1 Å². The fourth-order valence-electron chi connectivity index (χ4n) is 1.76. The minimum Gasteiger partial charge on any atom is -0.463 e. The van der Waals surface area contributed by atoms with Gasteiger partial charge in [-0.25, -0.2) is 0 Å². The van der Waals surface area contributed by atoms with Crippen molar-refractivity contribution in [1.29, 1.82) is 0 Å². The molecule has 1 rings (SSSR count). The van der Waals surface area contributed by atoms with Crippen molar-refractivity contribution in [2.75, 3.05) is 39.3 Å². The van der Waals surface area contributed by atoms with Crippen molar-refractivity contribution >= 4 is 5.97 Å². The molecule has 1 aliphatic heterocycles. The quantitative estimate of drug-likeness (QED) is 0.520. The number of carbonyl (C=O) groups excluding carboxylic acids is 1. The predicted molar refractivity (Wildman–Crippen MR) is 59.8 cm³/mol. The number of piperidine rings is 1. The molecular weight excluding hydrogens is 192 g/mol. The van der Waals surface area contributed by atoms with Crippen molar-refractivity contribution in [2.24, 2.45) is 0 Å². The second kappa shape index (κ2) is 7.65. The molecule has 0 amide bonds. The van der Waals surface area contributed by atoms with Crippen LogP contribution >= 0.6 is 0 Å². The van der Waals surface area contributed by atoms with E-state index in [1.54, 1.807) is 0 Å². The predicted octanol–water partition coefficient (Wildman–Crippen LogP) is 0.625. The molecule has 15 heavy (non-hydrogen) atoms.